The van der Waals surface area contributed by atoms with Crippen LogP contribution in [0.5, 0.6) is 5.75 Å². The maximum Gasteiger partial charge on any atom is 0.336 e. The smallest absolute Gasteiger partial charge is 0.336 e. The number of hydrogen-bond donors (Lipinski definition) is 0. The van der Waals surface area contributed by atoms with Gasteiger partial charge in [0.15, 0.2) is 0 Å². The molecule has 3 nitrogen and oxygen atoms in total. The van der Waals surface area contributed by atoms with E-state index in [1.165, 1.54) is 24.5 Å². The Balaban J connectivity index is 1.55. The predicted molar refractivity (Wildman–Crippen MR) is 90.8 cm³/mol. The van der Waals surface area contributed by atoms with E-state index in [-0.39, 0.29) is 5.63 Å². The van der Waals surface area contributed by atoms with Gasteiger partial charge in [0, 0.05) is 17.5 Å². The first-order chi connectivity index (χ1) is 10.9. The second-order valence-electron chi connectivity index (χ2n) is 7.52. The molecule has 2 aromatic rings. The SMILES string of the molecule is Cc1cc(=O)oc2cc(OCC3=CC[C@@H]4C[C@H]3C4(C)C)ccc12. The van der Waals surface area contributed by atoms with Crippen LogP contribution in [0.25, 0.3) is 11.0 Å². The number of benzene rings is 1. The third-order valence-corrected chi connectivity index (χ3v) is 5.91. The molecule has 5 rings (SSSR count). The van der Waals surface area contributed by atoms with E-state index in [1.807, 2.05) is 25.1 Å². The summed E-state index contributed by atoms with van der Waals surface area (Å²) in [6, 6.07) is 7.25. The third kappa shape index (κ3) is 2.30. The van der Waals surface area contributed by atoms with E-state index in [9.17, 15) is 4.79 Å². The summed E-state index contributed by atoms with van der Waals surface area (Å²) < 4.78 is 11.3. The van der Waals surface area contributed by atoms with Gasteiger partial charge in [-0.1, -0.05) is 19.9 Å². The predicted octanol–water partition coefficient (Wildman–Crippen LogP) is 4.47. The first-order valence-electron chi connectivity index (χ1n) is 8.31. The lowest BCUT2D eigenvalue weighted by Crippen LogP contribution is -2.48. The fourth-order valence-corrected chi connectivity index (χ4v) is 4.20. The van der Waals surface area contributed by atoms with E-state index < -0.39 is 0 Å². The van der Waals surface area contributed by atoms with Crippen LogP contribution in [0.4, 0.5) is 0 Å². The van der Waals surface area contributed by atoms with E-state index >= 15 is 0 Å². The van der Waals surface area contributed by atoms with Crippen LogP contribution in [0.15, 0.2) is 45.1 Å². The van der Waals surface area contributed by atoms with Gasteiger partial charge >= 0.3 is 5.63 Å². The van der Waals surface area contributed by atoms with E-state index in [2.05, 4.69) is 19.9 Å². The minimum absolute atomic E-state index is 0.315. The van der Waals surface area contributed by atoms with Crippen molar-refractivity contribution in [2.75, 3.05) is 6.61 Å². The molecule has 120 valence electrons. The van der Waals surface area contributed by atoms with Gasteiger partial charge in [0.05, 0.1) is 0 Å². The normalized spacial score (nSPS) is 24.9. The van der Waals surface area contributed by atoms with Crippen molar-refractivity contribution in [2.24, 2.45) is 17.3 Å². The molecule has 1 heterocycles. The van der Waals surface area contributed by atoms with Gasteiger partial charge in [-0.2, -0.15) is 0 Å². The summed E-state index contributed by atoms with van der Waals surface area (Å²) in [5, 5.41) is 0.955. The van der Waals surface area contributed by atoms with E-state index in [4.69, 9.17) is 9.15 Å². The highest BCUT2D eigenvalue weighted by atomic mass is 16.5. The Labute approximate surface area is 136 Å². The standard InChI is InChI=1S/C20H22O3/c1-12-8-19(21)23-18-10-15(6-7-16(12)18)22-11-13-4-5-14-9-17(13)20(14,2)3/h4,6-8,10,14,17H,5,9,11H2,1-3H3/t14-,17-/m1/s1. The molecule has 1 aromatic carbocycles. The number of hydrogen-bond acceptors (Lipinski definition) is 3. The van der Waals surface area contributed by atoms with E-state index in [0.717, 1.165) is 22.6 Å². The minimum atomic E-state index is -0.315. The third-order valence-electron chi connectivity index (χ3n) is 5.91. The summed E-state index contributed by atoms with van der Waals surface area (Å²) in [5.41, 5.74) is 3.04. The molecule has 0 unspecified atom stereocenters. The molecule has 0 N–H and O–H groups in total. The van der Waals surface area contributed by atoms with Crippen molar-refractivity contribution in [3.63, 3.8) is 0 Å². The molecule has 2 bridgehead atoms. The van der Waals surface area contributed by atoms with Gasteiger partial charge < -0.3 is 9.15 Å². The van der Waals surface area contributed by atoms with Crippen molar-refractivity contribution in [3.8, 4) is 5.75 Å². The number of ether oxygens (including phenoxy) is 1. The molecular weight excluding hydrogens is 288 g/mol. The maximum absolute atomic E-state index is 11.5. The molecule has 0 spiro atoms. The fraction of sp³-hybridized carbons (Fsp3) is 0.450. The van der Waals surface area contributed by atoms with Crippen molar-refractivity contribution in [1.82, 2.24) is 0 Å². The summed E-state index contributed by atoms with van der Waals surface area (Å²) in [6.45, 7) is 7.28. The number of aryl methyl sites for hydroxylation is 1. The van der Waals surface area contributed by atoms with Crippen LogP contribution in [0.3, 0.4) is 0 Å². The zero-order valence-electron chi connectivity index (χ0n) is 13.9. The fourth-order valence-electron chi connectivity index (χ4n) is 4.20. The summed E-state index contributed by atoms with van der Waals surface area (Å²) in [4.78, 5) is 11.5. The number of allylic oxidation sites excluding steroid dienone is 1. The van der Waals surface area contributed by atoms with E-state index in [1.54, 1.807) is 0 Å². The van der Waals surface area contributed by atoms with Crippen LogP contribution in [-0.2, 0) is 0 Å². The highest BCUT2D eigenvalue weighted by Gasteiger charge is 2.51. The number of fused-ring (bicyclic) bond motifs is 2. The van der Waals surface area contributed by atoms with Gasteiger partial charge in [-0.15, -0.1) is 0 Å². The molecule has 1 aromatic heterocycles. The molecule has 1 fully saturated rings. The first-order valence-corrected chi connectivity index (χ1v) is 8.31. The largest absolute Gasteiger partial charge is 0.489 e. The Kier molecular flexibility index (Phi) is 3.15. The van der Waals surface area contributed by atoms with Crippen LogP contribution in [0.2, 0.25) is 0 Å². The monoisotopic (exact) mass is 310 g/mol. The van der Waals surface area contributed by atoms with Crippen molar-refractivity contribution >= 4 is 11.0 Å². The summed E-state index contributed by atoms with van der Waals surface area (Å²) >= 11 is 0. The average Bonchev–Trinajstić information content (AvgIpc) is 2.52. The Morgan fingerprint density at radius 1 is 1.30 bits per heavy atom. The molecule has 0 amide bonds. The van der Waals surface area contributed by atoms with Crippen molar-refractivity contribution in [1.29, 1.82) is 0 Å². The molecule has 3 aliphatic carbocycles. The van der Waals surface area contributed by atoms with Crippen molar-refractivity contribution < 1.29 is 9.15 Å². The summed E-state index contributed by atoms with van der Waals surface area (Å²) in [6.07, 6.45) is 4.83. The van der Waals surface area contributed by atoms with Crippen LogP contribution >= 0.6 is 0 Å². The van der Waals surface area contributed by atoms with Crippen molar-refractivity contribution in [3.05, 3.63) is 51.9 Å². The lowest BCUT2D eigenvalue weighted by Gasteiger charge is -2.56. The molecule has 0 radical (unpaired) electrons. The van der Waals surface area contributed by atoms with Gasteiger partial charge in [-0.3, -0.25) is 0 Å². The molecule has 3 aliphatic rings. The molecule has 0 aliphatic heterocycles. The van der Waals surface area contributed by atoms with Crippen LogP contribution in [-0.4, -0.2) is 6.61 Å². The zero-order valence-corrected chi connectivity index (χ0v) is 13.9. The zero-order chi connectivity index (χ0) is 16.2. The Hall–Kier alpha value is -2.03. The Morgan fingerprint density at radius 3 is 2.87 bits per heavy atom. The second-order valence-corrected chi connectivity index (χ2v) is 7.52. The molecule has 23 heavy (non-hydrogen) atoms. The highest BCUT2D eigenvalue weighted by Crippen LogP contribution is 2.59. The van der Waals surface area contributed by atoms with Crippen molar-refractivity contribution in [2.45, 2.75) is 33.6 Å². The lowest BCUT2D eigenvalue weighted by molar-refractivity contribution is -0.0115. The van der Waals surface area contributed by atoms with Crippen LogP contribution < -0.4 is 10.4 Å². The van der Waals surface area contributed by atoms with Gasteiger partial charge in [0.25, 0.3) is 0 Å². The first kappa shape index (κ1) is 14.6. The van der Waals surface area contributed by atoms with Gasteiger partial charge in [-0.25, -0.2) is 4.79 Å². The quantitative estimate of drug-likeness (QED) is 0.620. The Bertz CT molecular complexity index is 857. The topological polar surface area (TPSA) is 39.4 Å². The second kappa shape index (κ2) is 4.98. The molecule has 3 heteroatoms. The molecule has 0 saturated heterocycles. The summed E-state index contributed by atoms with van der Waals surface area (Å²) in [5.74, 6) is 2.25. The van der Waals surface area contributed by atoms with Gasteiger partial charge in [-0.05, 0) is 60.3 Å². The van der Waals surface area contributed by atoms with Crippen LogP contribution in [0, 0.1) is 24.2 Å². The number of rotatable bonds is 3. The van der Waals surface area contributed by atoms with Crippen LogP contribution in [0.1, 0.15) is 32.3 Å². The highest BCUT2D eigenvalue weighted by molar-refractivity contribution is 5.81. The molecular formula is C20H22O3. The minimum Gasteiger partial charge on any atom is -0.489 e. The van der Waals surface area contributed by atoms with Gasteiger partial charge in [0.2, 0.25) is 0 Å². The molecule has 1 saturated carbocycles. The summed E-state index contributed by atoms with van der Waals surface area (Å²) in [7, 11) is 0. The Morgan fingerprint density at radius 2 is 2.13 bits per heavy atom. The lowest BCUT2D eigenvalue weighted by atomic mass is 9.49. The van der Waals surface area contributed by atoms with E-state index in [0.29, 0.717) is 23.5 Å². The average molecular weight is 310 g/mol. The van der Waals surface area contributed by atoms with Gasteiger partial charge in [0.1, 0.15) is 17.9 Å². The molecule has 2 atom stereocenters. The maximum atomic E-state index is 11.5.